The molecule has 134 valence electrons. The zero-order valence-corrected chi connectivity index (χ0v) is 13.8. The summed E-state index contributed by atoms with van der Waals surface area (Å²) in [4.78, 5) is 23.1. The molecule has 0 bridgehead atoms. The quantitative estimate of drug-likeness (QED) is 0.704. The van der Waals surface area contributed by atoms with E-state index in [2.05, 4.69) is 15.5 Å². The average molecular weight is 357 g/mol. The topological polar surface area (TPSA) is 102 Å². The number of anilines is 1. The molecule has 1 atom stereocenters. The lowest BCUT2D eigenvalue weighted by Gasteiger charge is -2.05. The Kier molecular flexibility index (Phi) is 4.78. The van der Waals surface area contributed by atoms with Crippen molar-refractivity contribution in [3.05, 3.63) is 65.9 Å². The van der Waals surface area contributed by atoms with Crippen molar-refractivity contribution in [2.75, 3.05) is 5.32 Å². The Morgan fingerprint density at radius 3 is 2.58 bits per heavy atom. The highest BCUT2D eigenvalue weighted by molar-refractivity contribution is 6.02. The summed E-state index contributed by atoms with van der Waals surface area (Å²) < 4.78 is 15.7. The molecule has 0 saturated heterocycles. The highest BCUT2D eigenvalue weighted by Gasteiger charge is 2.17. The van der Waals surface area contributed by atoms with Crippen LogP contribution < -0.4 is 5.32 Å². The number of carbonyl (C=O) groups excluding carboxylic acids is 1. The molecule has 2 N–H and O–H groups in total. The molecule has 8 nitrogen and oxygen atoms in total. The van der Waals surface area contributed by atoms with Crippen molar-refractivity contribution in [3.63, 3.8) is 0 Å². The lowest BCUT2D eigenvalue weighted by atomic mass is 10.2. The summed E-state index contributed by atoms with van der Waals surface area (Å²) in [7, 11) is 0. The molecule has 0 aliphatic rings. The third-order valence-electron chi connectivity index (χ3n) is 3.74. The predicted molar refractivity (Wildman–Crippen MR) is 90.3 cm³/mol. The Hall–Kier alpha value is -3.49. The molecule has 9 heteroatoms. The summed E-state index contributed by atoms with van der Waals surface area (Å²) in [6.45, 7) is 1.90. The van der Waals surface area contributed by atoms with Gasteiger partial charge in [0.05, 0.1) is 6.54 Å². The van der Waals surface area contributed by atoms with Crippen molar-refractivity contribution in [1.82, 2.24) is 19.6 Å². The van der Waals surface area contributed by atoms with Gasteiger partial charge in [0, 0.05) is 18.5 Å². The minimum Gasteiger partial charge on any atom is -0.480 e. The zero-order valence-electron chi connectivity index (χ0n) is 13.8. The van der Waals surface area contributed by atoms with Crippen molar-refractivity contribution in [2.45, 2.75) is 19.5 Å². The molecule has 0 radical (unpaired) electrons. The van der Waals surface area contributed by atoms with Gasteiger partial charge in [-0.3, -0.25) is 14.2 Å². The monoisotopic (exact) mass is 357 g/mol. The van der Waals surface area contributed by atoms with E-state index in [-0.39, 0.29) is 11.5 Å². The number of nitrogens with zero attached hydrogens (tertiary/aromatic N) is 4. The van der Waals surface area contributed by atoms with E-state index in [0.717, 1.165) is 5.56 Å². The van der Waals surface area contributed by atoms with E-state index in [1.165, 1.54) is 36.0 Å². The first kappa shape index (κ1) is 17.3. The third kappa shape index (κ3) is 3.94. The molecule has 2 heterocycles. The molecule has 1 amide bonds. The highest BCUT2D eigenvalue weighted by atomic mass is 19.1. The lowest BCUT2D eigenvalue weighted by molar-refractivity contribution is -0.140. The summed E-state index contributed by atoms with van der Waals surface area (Å²) in [6.07, 6.45) is 3.12. The van der Waals surface area contributed by atoms with Gasteiger partial charge in [-0.05, 0) is 30.7 Å². The van der Waals surface area contributed by atoms with E-state index in [1.807, 2.05) is 0 Å². The number of hydrogen-bond acceptors (Lipinski definition) is 4. The fourth-order valence-electron chi connectivity index (χ4n) is 2.26. The van der Waals surface area contributed by atoms with E-state index in [0.29, 0.717) is 12.4 Å². The fraction of sp³-hybridized carbons (Fsp3) is 0.176. The highest BCUT2D eigenvalue weighted by Crippen LogP contribution is 2.10. The van der Waals surface area contributed by atoms with Crippen LogP contribution in [0, 0.1) is 5.82 Å². The molecular formula is C17H16FN5O3. The first-order chi connectivity index (χ1) is 12.4. The number of rotatable bonds is 6. The van der Waals surface area contributed by atoms with Crippen molar-refractivity contribution < 1.29 is 19.1 Å². The Labute approximate surface area is 147 Å². The minimum absolute atomic E-state index is 0.0891. The van der Waals surface area contributed by atoms with Gasteiger partial charge in [-0.2, -0.15) is 10.2 Å². The van der Waals surface area contributed by atoms with Gasteiger partial charge < -0.3 is 10.4 Å². The fourth-order valence-corrected chi connectivity index (χ4v) is 2.26. The van der Waals surface area contributed by atoms with Crippen LogP contribution in [0.2, 0.25) is 0 Å². The van der Waals surface area contributed by atoms with Gasteiger partial charge in [-0.15, -0.1) is 0 Å². The summed E-state index contributed by atoms with van der Waals surface area (Å²) in [5.41, 5.74) is 0.958. The maximum atomic E-state index is 12.9. The molecule has 26 heavy (non-hydrogen) atoms. The number of carboxylic acid groups (broad SMARTS) is 1. The van der Waals surface area contributed by atoms with E-state index >= 15 is 0 Å². The summed E-state index contributed by atoms with van der Waals surface area (Å²) >= 11 is 0. The molecule has 1 aromatic carbocycles. The van der Waals surface area contributed by atoms with E-state index < -0.39 is 17.9 Å². The second-order valence-corrected chi connectivity index (χ2v) is 5.67. The minimum atomic E-state index is -1.04. The van der Waals surface area contributed by atoms with Gasteiger partial charge in [0.2, 0.25) is 0 Å². The number of amides is 1. The first-order valence-electron chi connectivity index (χ1n) is 7.79. The van der Waals surface area contributed by atoms with E-state index in [1.54, 1.807) is 29.1 Å². The zero-order chi connectivity index (χ0) is 18.7. The van der Waals surface area contributed by atoms with Crippen LogP contribution in [0.15, 0.2) is 48.8 Å². The number of aromatic nitrogens is 4. The van der Waals surface area contributed by atoms with Crippen molar-refractivity contribution in [1.29, 1.82) is 0 Å². The van der Waals surface area contributed by atoms with Crippen LogP contribution in [-0.2, 0) is 11.3 Å². The van der Waals surface area contributed by atoms with Gasteiger partial charge in [0.1, 0.15) is 11.9 Å². The van der Waals surface area contributed by atoms with Gasteiger partial charge in [0.15, 0.2) is 11.5 Å². The molecule has 0 aliphatic heterocycles. The predicted octanol–water partition coefficient (Wildman–Crippen LogP) is 2.16. The van der Waals surface area contributed by atoms with Crippen LogP contribution >= 0.6 is 0 Å². The Bertz CT molecular complexity index is 932. The lowest BCUT2D eigenvalue weighted by Crippen LogP contribution is -2.18. The van der Waals surface area contributed by atoms with Gasteiger partial charge in [0.25, 0.3) is 5.91 Å². The number of carboxylic acids is 1. The van der Waals surface area contributed by atoms with Crippen molar-refractivity contribution >= 4 is 17.7 Å². The van der Waals surface area contributed by atoms with Crippen LogP contribution in [0.5, 0.6) is 0 Å². The molecule has 0 aliphatic carbocycles. The molecule has 1 unspecified atom stereocenters. The number of aliphatic carboxylic acids is 1. The Balaban J connectivity index is 1.64. The van der Waals surface area contributed by atoms with E-state index in [9.17, 15) is 14.0 Å². The van der Waals surface area contributed by atoms with Crippen LogP contribution in [0.3, 0.4) is 0 Å². The Morgan fingerprint density at radius 2 is 1.88 bits per heavy atom. The second kappa shape index (κ2) is 7.18. The number of carbonyl (C=O) groups is 2. The standard InChI is InChI=1S/C17H16FN5O3/c1-11(17(25)26)23-9-6-14(20-23)16(24)19-15-7-8-22(21-15)10-12-2-4-13(18)5-3-12/h2-9,11H,10H2,1H3,(H,25,26)(H,19,21,24). The number of halogens is 1. The molecule has 0 saturated carbocycles. The summed E-state index contributed by atoms with van der Waals surface area (Å²) in [5, 5.41) is 19.8. The SMILES string of the molecule is CC(C(=O)O)n1ccc(C(=O)Nc2ccn(Cc3ccc(F)cc3)n2)n1. The average Bonchev–Trinajstić information content (AvgIpc) is 3.26. The van der Waals surface area contributed by atoms with Gasteiger partial charge in [-0.1, -0.05) is 12.1 Å². The summed E-state index contributed by atoms with van der Waals surface area (Å²) in [6, 6.07) is 8.25. The van der Waals surface area contributed by atoms with Crippen molar-refractivity contribution in [2.24, 2.45) is 0 Å². The number of benzene rings is 1. The maximum Gasteiger partial charge on any atom is 0.328 e. The third-order valence-corrected chi connectivity index (χ3v) is 3.74. The summed E-state index contributed by atoms with van der Waals surface area (Å²) in [5.74, 6) is -1.51. The normalized spacial score (nSPS) is 11.9. The smallest absolute Gasteiger partial charge is 0.328 e. The van der Waals surface area contributed by atoms with Crippen LogP contribution in [0.1, 0.15) is 29.0 Å². The molecule has 2 aromatic heterocycles. The molecule has 0 fully saturated rings. The molecule has 0 spiro atoms. The molecule has 3 rings (SSSR count). The van der Waals surface area contributed by atoms with Crippen LogP contribution in [-0.4, -0.2) is 36.5 Å². The molecular weight excluding hydrogens is 341 g/mol. The van der Waals surface area contributed by atoms with Gasteiger partial charge >= 0.3 is 5.97 Å². The second-order valence-electron chi connectivity index (χ2n) is 5.67. The number of nitrogens with one attached hydrogen (secondary N) is 1. The van der Waals surface area contributed by atoms with Crippen LogP contribution in [0.4, 0.5) is 10.2 Å². The van der Waals surface area contributed by atoms with Gasteiger partial charge in [-0.25, -0.2) is 9.18 Å². The number of hydrogen-bond donors (Lipinski definition) is 2. The van der Waals surface area contributed by atoms with E-state index in [4.69, 9.17) is 5.11 Å². The Morgan fingerprint density at radius 1 is 1.15 bits per heavy atom. The largest absolute Gasteiger partial charge is 0.480 e. The van der Waals surface area contributed by atoms with Crippen molar-refractivity contribution in [3.8, 4) is 0 Å². The maximum absolute atomic E-state index is 12.9. The molecule has 3 aromatic rings. The first-order valence-corrected chi connectivity index (χ1v) is 7.79. The van der Waals surface area contributed by atoms with Crippen LogP contribution in [0.25, 0.3) is 0 Å².